The number of hydrazone groups is 1. The van der Waals surface area contributed by atoms with E-state index in [4.69, 9.17) is 44.6 Å². The SMILES string of the molecule is [B]C([B])([B])Oc1cc(N2CC[C@@H](Oc3ccc(N4N=C(C(F)(F)F)[C@@H](C)[C@@H]4CC(=O)O)cc3)[C@H](C)C2)c(Cl)cn1. The van der Waals surface area contributed by atoms with E-state index in [1.54, 1.807) is 30.3 Å². The second-order valence-electron chi connectivity index (χ2n) is 10.1. The van der Waals surface area contributed by atoms with Crippen LogP contribution in [0.15, 0.2) is 41.6 Å². The molecule has 2 aromatic rings. The minimum Gasteiger partial charge on any atom is -0.501 e. The van der Waals surface area contributed by atoms with E-state index >= 15 is 0 Å². The summed E-state index contributed by atoms with van der Waals surface area (Å²) in [5.41, 5.74) is 0.0236. The van der Waals surface area contributed by atoms with E-state index in [9.17, 15) is 23.1 Å². The fraction of sp³-hybridized carbons (Fsp3) is 0.480. The van der Waals surface area contributed by atoms with Gasteiger partial charge in [0.05, 0.1) is 35.1 Å². The average molecular weight is 570 g/mol. The summed E-state index contributed by atoms with van der Waals surface area (Å²) in [7, 11) is 16.5. The van der Waals surface area contributed by atoms with Gasteiger partial charge in [-0.2, -0.15) is 18.3 Å². The van der Waals surface area contributed by atoms with Crippen LogP contribution >= 0.6 is 11.6 Å². The highest BCUT2D eigenvalue weighted by Crippen LogP contribution is 2.37. The van der Waals surface area contributed by atoms with Crippen LogP contribution in [0.25, 0.3) is 0 Å². The number of aliphatic carboxylic acids is 1. The molecule has 40 heavy (non-hydrogen) atoms. The number of piperidine rings is 1. The molecular weight excluding hydrogens is 545 g/mol. The van der Waals surface area contributed by atoms with Crippen LogP contribution in [0.5, 0.6) is 11.6 Å². The standard InChI is InChI=1S/C25H25B3ClF3N4O4/c1-13-12-35(19-9-21(33-11-17(19)29)40-25(26,27)28)8-7-20(13)39-16-5-3-15(4-6-16)36-18(10-22(37)38)14(2)23(34-36)24(30,31)32/h3-6,9,11,13-14,18,20H,7-8,10,12H2,1-2H3,(H,37,38)/t13-,14+,18+,20-/m1/s1. The molecule has 4 rings (SSSR count). The quantitative estimate of drug-likeness (QED) is 0.484. The molecule has 0 aliphatic carbocycles. The smallest absolute Gasteiger partial charge is 0.431 e. The number of aromatic nitrogens is 1. The molecule has 0 spiro atoms. The van der Waals surface area contributed by atoms with Gasteiger partial charge in [-0.3, -0.25) is 9.80 Å². The third-order valence-electron chi connectivity index (χ3n) is 6.86. The molecular formula is C25H25B3ClF3N4O4. The van der Waals surface area contributed by atoms with Gasteiger partial charge in [-0.1, -0.05) is 25.4 Å². The highest BCUT2D eigenvalue weighted by molar-refractivity contribution is 6.58. The van der Waals surface area contributed by atoms with Crippen LogP contribution in [0.4, 0.5) is 24.5 Å². The van der Waals surface area contributed by atoms with Crippen LogP contribution in [-0.2, 0) is 4.79 Å². The zero-order chi connectivity index (χ0) is 29.4. The Bertz CT molecular complexity index is 1260. The molecule has 15 heteroatoms. The van der Waals surface area contributed by atoms with Crippen molar-refractivity contribution >= 4 is 58.2 Å². The van der Waals surface area contributed by atoms with Crippen LogP contribution in [-0.4, -0.2) is 82.0 Å². The van der Waals surface area contributed by atoms with Gasteiger partial charge in [0.25, 0.3) is 0 Å². The van der Waals surface area contributed by atoms with Crippen molar-refractivity contribution in [2.45, 2.75) is 50.3 Å². The normalized spacial score (nSPS) is 23.6. The third kappa shape index (κ3) is 7.00. The first-order valence-corrected chi connectivity index (χ1v) is 12.9. The molecule has 2 aliphatic heterocycles. The highest BCUT2D eigenvalue weighted by atomic mass is 35.5. The van der Waals surface area contributed by atoms with Crippen molar-refractivity contribution in [2.75, 3.05) is 23.0 Å². The first kappa shape index (κ1) is 30.0. The summed E-state index contributed by atoms with van der Waals surface area (Å²) in [5, 5.41) is 12.6. The van der Waals surface area contributed by atoms with Crippen LogP contribution in [0.2, 0.25) is 5.02 Å². The predicted octanol–water partition coefficient (Wildman–Crippen LogP) is 3.74. The van der Waals surface area contributed by atoms with Crippen LogP contribution in [0, 0.1) is 11.8 Å². The van der Waals surface area contributed by atoms with E-state index in [-0.39, 0.29) is 17.9 Å². The molecule has 1 aromatic heterocycles. The number of rotatable bonds is 8. The molecule has 1 N–H and O–H groups in total. The van der Waals surface area contributed by atoms with E-state index < -0.39 is 41.5 Å². The summed E-state index contributed by atoms with van der Waals surface area (Å²) >= 11 is 6.37. The number of carboxylic acid groups (broad SMARTS) is 1. The van der Waals surface area contributed by atoms with Crippen molar-refractivity contribution in [3.63, 3.8) is 0 Å². The lowest BCUT2D eigenvalue weighted by atomic mass is 9.52. The number of carbonyl (C=O) groups is 1. The van der Waals surface area contributed by atoms with E-state index in [0.717, 1.165) is 5.01 Å². The molecule has 0 saturated carbocycles. The zero-order valence-corrected chi connectivity index (χ0v) is 22.6. The summed E-state index contributed by atoms with van der Waals surface area (Å²) in [4.78, 5) is 17.4. The van der Waals surface area contributed by atoms with E-state index in [1.165, 1.54) is 13.1 Å². The Hall–Kier alpha value is -3.02. The molecule has 6 radical (unpaired) electrons. The van der Waals surface area contributed by atoms with Crippen molar-refractivity contribution in [1.29, 1.82) is 0 Å². The first-order chi connectivity index (χ1) is 18.6. The maximum absolute atomic E-state index is 13.5. The molecule has 1 aromatic carbocycles. The van der Waals surface area contributed by atoms with E-state index in [2.05, 4.69) is 15.0 Å². The Kier molecular flexibility index (Phi) is 8.58. The Labute approximate surface area is 239 Å². The van der Waals surface area contributed by atoms with Gasteiger partial charge in [0.1, 0.15) is 41.1 Å². The van der Waals surface area contributed by atoms with E-state index in [0.29, 0.717) is 41.7 Å². The minimum atomic E-state index is -4.65. The van der Waals surface area contributed by atoms with Gasteiger partial charge < -0.3 is 19.5 Å². The molecule has 1 fully saturated rings. The maximum atomic E-state index is 13.5. The summed E-state index contributed by atoms with van der Waals surface area (Å²) < 4.78 is 51.8. The Morgan fingerprint density at radius 2 is 1.88 bits per heavy atom. The van der Waals surface area contributed by atoms with Gasteiger partial charge in [-0.25, -0.2) is 4.98 Å². The molecule has 0 amide bonds. The lowest BCUT2D eigenvalue weighted by Gasteiger charge is -2.38. The fourth-order valence-corrected chi connectivity index (χ4v) is 5.16. The molecule has 2 aliphatic rings. The monoisotopic (exact) mass is 570 g/mol. The van der Waals surface area contributed by atoms with Crippen LogP contribution in [0.3, 0.4) is 0 Å². The second-order valence-corrected chi connectivity index (χ2v) is 10.5. The van der Waals surface area contributed by atoms with Crippen molar-refractivity contribution in [3.05, 3.63) is 41.6 Å². The molecule has 206 valence electrons. The average Bonchev–Trinajstić information content (AvgIpc) is 3.17. The van der Waals surface area contributed by atoms with E-state index in [1.807, 2.05) is 6.92 Å². The van der Waals surface area contributed by atoms with Crippen LogP contribution < -0.4 is 19.4 Å². The topological polar surface area (TPSA) is 87.5 Å². The number of hydrogen-bond donors (Lipinski definition) is 1. The van der Waals surface area contributed by atoms with Gasteiger partial charge in [0.2, 0.25) is 5.88 Å². The fourth-order valence-electron chi connectivity index (χ4n) is 4.94. The Morgan fingerprint density at radius 1 is 1.20 bits per heavy atom. The lowest BCUT2D eigenvalue weighted by molar-refractivity contribution is -0.137. The molecule has 0 bridgehead atoms. The summed E-state index contributed by atoms with van der Waals surface area (Å²) in [6, 6.07) is 7.07. The first-order valence-electron chi connectivity index (χ1n) is 12.5. The molecule has 0 unspecified atom stereocenters. The maximum Gasteiger partial charge on any atom is 0.431 e. The second kappa shape index (κ2) is 11.5. The van der Waals surface area contributed by atoms with Gasteiger partial charge >= 0.3 is 12.1 Å². The minimum absolute atomic E-state index is 0.0676. The third-order valence-corrected chi connectivity index (χ3v) is 7.15. The van der Waals surface area contributed by atoms with Gasteiger partial charge in [-0.15, -0.1) is 0 Å². The zero-order valence-electron chi connectivity index (χ0n) is 21.8. The number of alkyl halides is 3. The van der Waals surface area contributed by atoms with Crippen LogP contribution in [0.1, 0.15) is 26.7 Å². The number of hydrogen-bond acceptors (Lipinski definition) is 7. The molecule has 3 heterocycles. The number of pyridine rings is 1. The predicted molar refractivity (Wildman–Crippen MR) is 148 cm³/mol. The Morgan fingerprint density at radius 3 is 2.45 bits per heavy atom. The number of nitrogens with zero attached hydrogens (tertiary/aromatic N) is 4. The number of carboxylic acids is 1. The van der Waals surface area contributed by atoms with Gasteiger partial charge in [-0.05, 0) is 29.6 Å². The highest BCUT2D eigenvalue weighted by Gasteiger charge is 2.48. The number of ether oxygens (including phenoxy) is 2. The van der Waals surface area contributed by atoms with Gasteiger partial charge in [0.15, 0.2) is 0 Å². The van der Waals surface area contributed by atoms with Crippen molar-refractivity contribution < 1.29 is 32.5 Å². The van der Waals surface area contributed by atoms with Crippen molar-refractivity contribution in [3.8, 4) is 11.6 Å². The Balaban J connectivity index is 1.43. The number of halogens is 4. The summed E-state index contributed by atoms with van der Waals surface area (Å²) in [6.07, 6.45) is -3.21. The van der Waals surface area contributed by atoms with Gasteiger partial charge in [0, 0.05) is 37.4 Å². The van der Waals surface area contributed by atoms with Crippen molar-refractivity contribution in [1.82, 2.24) is 4.98 Å². The lowest BCUT2D eigenvalue weighted by Crippen LogP contribution is -2.44. The largest absolute Gasteiger partial charge is 0.501 e. The summed E-state index contributed by atoms with van der Waals surface area (Å²) in [5.74, 6) is -1.58. The summed E-state index contributed by atoms with van der Waals surface area (Å²) in [6.45, 7) is 4.56. The molecule has 8 nitrogen and oxygen atoms in total. The number of benzene rings is 1. The number of anilines is 2. The molecule has 1 saturated heterocycles. The van der Waals surface area contributed by atoms with Crippen molar-refractivity contribution in [2.24, 2.45) is 16.9 Å². The molecule has 4 atom stereocenters.